The zero-order chi connectivity index (χ0) is 18.1. The number of benzene rings is 1. The minimum absolute atomic E-state index is 0. The van der Waals surface area contributed by atoms with Crippen molar-refractivity contribution in [3.63, 3.8) is 0 Å². The Bertz CT molecular complexity index is 1040. The van der Waals surface area contributed by atoms with Crippen LogP contribution in [0.4, 0.5) is 5.82 Å². The molecule has 0 atom stereocenters. The smallest absolute Gasteiger partial charge is 1.00 e. The fourth-order valence-corrected chi connectivity index (χ4v) is 3.63. The van der Waals surface area contributed by atoms with Crippen LogP contribution in [-0.2, 0) is 0 Å². The predicted molar refractivity (Wildman–Crippen MR) is 105 cm³/mol. The number of nitrogens with zero attached hydrogens (tertiary/aromatic N) is 4. The number of aromatic nitrogens is 6. The Morgan fingerprint density at radius 2 is 1.82 bits per heavy atom. The number of hydrogen-bond donors (Lipinski definition) is 4. The average Bonchev–Trinajstić information content (AvgIpc) is 3.41. The molecule has 1 aliphatic heterocycles. The highest BCUT2D eigenvalue weighted by Crippen LogP contribution is 2.33. The first-order valence-electron chi connectivity index (χ1n) is 9.15. The van der Waals surface area contributed by atoms with Crippen molar-refractivity contribution in [3.8, 4) is 22.4 Å². The van der Waals surface area contributed by atoms with Crippen molar-refractivity contribution in [2.24, 2.45) is 0 Å². The van der Waals surface area contributed by atoms with Crippen molar-refractivity contribution in [1.82, 2.24) is 35.9 Å². The monoisotopic (exact) mass is 396 g/mol. The van der Waals surface area contributed by atoms with Gasteiger partial charge in [0.05, 0.1) is 23.6 Å². The maximum atomic E-state index is 4.44. The minimum Gasteiger partial charge on any atom is -1.00 e. The average molecular weight is 397 g/mol. The molecule has 1 fully saturated rings. The van der Waals surface area contributed by atoms with Gasteiger partial charge in [-0.15, -0.1) is 10.2 Å². The van der Waals surface area contributed by atoms with Crippen LogP contribution in [0.5, 0.6) is 0 Å². The number of hydrogen-bond acceptors (Lipinski definition) is 6. The molecule has 4 N–H and O–H groups in total. The van der Waals surface area contributed by atoms with E-state index < -0.39 is 0 Å². The van der Waals surface area contributed by atoms with E-state index in [2.05, 4.69) is 47.3 Å². The maximum absolute atomic E-state index is 4.44. The molecule has 8 nitrogen and oxygen atoms in total. The van der Waals surface area contributed by atoms with Gasteiger partial charge in [-0.3, -0.25) is 10.2 Å². The van der Waals surface area contributed by atoms with Gasteiger partial charge in [0.15, 0.2) is 0 Å². The molecule has 0 unspecified atom stereocenters. The summed E-state index contributed by atoms with van der Waals surface area (Å²) in [6, 6.07) is 8.58. The minimum atomic E-state index is 0. The van der Waals surface area contributed by atoms with E-state index in [4.69, 9.17) is 0 Å². The van der Waals surface area contributed by atoms with Crippen molar-refractivity contribution in [3.05, 3.63) is 42.9 Å². The molecule has 1 aromatic carbocycles. The van der Waals surface area contributed by atoms with Crippen molar-refractivity contribution in [2.45, 2.75) is 18.9 Å². The number of anilines is 1. The normalized spacial score (nSPS) is 14.7. The van der Waals surface area contributed by atoms with Crippen molar-refractivity contribution in [2.75, 3.05) is 18.4 Å². The predicted octanol–water partition coefficient (Wildman–Crippen LogP) is -0.310. The summed E-state index contributed by atoms with van der Waals surface area (Å²) in [6.45, 7) is 2.09. The van der Waals surface area contributed by atoms with Gasteiger partial charge in [0.1, 0.15) is 5.82 Å². The molecule has 0 saturated carbocycles. The van der Waals surface area contributed by atoms with Gasteiger partial charge in [-0.25, -0.2) is 0 Å². The second-order valence-corrected chi connectivity index (χ2v) is 6.78. The molecule has 144 valence electrons. The lowest BCUT2D eigenvalue weighted by Gasteiger charge is -2.23. The maximum Gasteiger partial charge on any atom is 1.00 e. The van der Waals surface area contributed by atoms with E-state index in [1.807, 2.05) is 36.8 Å². The second kappa shape index (κ2) is 7.95. The third kappa shape index (κ3) is 3.44. The molecule has 0 aliphatic carbocycles. The van der Waals surface area contributed by atoms with Gasteiger partial charge >= 0.3 is 1.43 Å². The van der Waals surface area contributed by atoms with E-state index in [-0.39, 0.29) is 13.8 Å². The SMILES string of the molecule is [Cl-].[H+].c1n[nH]cc1-c1ccc(-c2ccc(NC3CCNCC3)nn2)c2[nH]ncc12. The van der Waals surface area contributed by atoms with Gasteiger partial charge in [-0.05, 0) is 49.7 Å². The van der Waals surface area contributed by atoms with Gasteiger partial charge in [0, 0.05) is 28.8 Å². The molecule has 5 rings (SSSR count). The van der Waals surface area contributed by atoms with Crippen molar-refractivity contribution >= 4 is 16.7 Å². The van der Waals surface area contributed by atoms with E-state index in [0.29, 0.717) is 6.04 Å². The first-order chi connectivity index (χ1) is 13.4. The number of aromatic amines is 2. The molecule has 0 radical (unpaired) electrons. The second-order valence-electron chi connectivity index (χ2n) is 6.78. The molecule has 28 heavy (non-hydrogen) atoms. The molecular weight excluding hydrogens is 376 g/mol. The molecule has 0 spiro atoms. The molecule has 0 bridgehead atoms. The summed E-state index contributed by atoms with van der Waals surface area (Å²) in [5.74, 6) is 0.821. The first kappa shape index (κ1) is 18.4. The van der Waals surface area contributed by atoms with Crippen LogP contribution in [0.1, 0.15) is 14.3 Å². The standard InChI is InChI=1S/C19H20N8.ClH/c1-2-15(19-16(11-23-27-19)14(1)12-9-21-22-10-12)17-3-4-18(26-25-17)24-13-5-7-20-8-6-13;/h1-4,9-11,13,20H,5-8H2,(H,21,22)(H,23,27)(H,24,26);1H. The first-order valence-corrected chi connectivity index (χ1v) is 9.15. The lowest BCUT2D eigenvalue weighted by molar-refractivity contribution is -0.00000565. The number of fused-ring (bicyclic) bond motifs is 1. The Morgan fingerprint density at radius 1 is 0.964 bits per heavy atom. The van der Waals surface area contributed by atoms with Crippen LogP contribution >= 0.6 is 0 Å². The highest BCUT2D eigenvalue weighted by molar-refractivity contribution is 6.01. The van der Waals surface area contributed by atoms with Crippen molar-refractivity contribution < 1.29 is 13.8 Å². The van der Waals surface area contributed by atoms with E-state index in [1.54, 1.807) is 0 Å². The molecule has 4 aromatic rings. The van der Waals surface area contributed by atoms with Gasteiger partial charge in [-0.2, -0.15) is 10.2 Å². The summed E-state index contributed by atoms with van der Waals surface area (Å²) in [7, 11) is 0. The number of H-pyrrole nitrogens is 2. The molecule has 0 amide bonds. The van der Waals surface area contributed by atoms with Crippen LogP contribution in [0, 0.1) is 0 Å². The number of rotatable bonds is 4. The lowest BCUT2D eigenvalue weighted by Crippen LogP contribution is -3.00. The fraction of sp³-hybridized carbons (Fsp3) is 0.263. The summed E-state index contributed by atoms with van der Waals surface area (Å²) >= 11 is 0. The van der Waals surface area contributed by atoms with Crippen LogP contribution in [0.25, 0.3) is 33.3 Å². The molecule has 1 aliphatic rings. The van der Waals surface area contributed by atoms with Crippen LogP contribution < -0.4 is 23.0 Å². The molecule has 3 aromatic heterocycles. The third-order valence-corrected chi connectivity index (χ3v) is 5.06. The summed E-state index contributed by atoms with van der Waals surface area (Å²) in [5.41, 5.74) is 4.85. The summed E-state index contributed by atoms with van der Waals surface area (Å²) in [4.78, 5) is 0. The Labute approximate surface area is 169 Å². The third-order valence-electron chi connectivity index (χ3n) is 5.06. The van der Waals surface area contributed by atoms with Crippen LogP contribution in [0.2, 0.25) is 0 Å². The van der Waals surface area contributed by atoms with Gasteiger partial charge < -0.3 is 23.0 Å². The number of nitrogens with one attached hydrogen (secondary N) is 4. The quantitative estimate of drug-likeness (QED) is 0.377. The number of piperidine rings is 1. The number of halogens is 1. The summed E-state index contributed by atoms with van der Waals surface area (Å²) < 4.78 is 0. The van der Waals surface area contributed by atoms with Crippen LogP contribution in [0.15, 0.2) is 42.9 Å². The Kier molecular flexibility index (Phi) is 5.23. The van der Waals surface area contributed by atoms with Crippen LogP contribution in [0.3, 0.4) is 0 Å². The van der Waals surface area contributed by atoms with Crippen LogP contribution in [-0.4, -0.2) is 49.7 Å². The molecule has 9 heteroatoms. The topological polar surface area (TPSA) is 107 Å². The Hall–Kier alpha value is -2.97. The summed E-state index contributed by atoms with van der Waals surface area (Å²) in [6.07, 6.45) is 7.73. The van der Waals surface area contributed by atoms with E-state index in [0.717, 1.165) is 65.0 Å². The van der Waals surface area contributed by atoms with Crippen molar-refractivity contribution in [1.29, 1.82) is 0 Å². The van der Waals surface area contributed by atoms with Gasteiger partial charge in [-0.1, -0.05) is 6.07 Å². The zero-order valence-electron chi connectivity index (χ0n) is 16.1. The molecule has 4 heterocycles. The molecule has 1 saturated heterocycles. The Morgan fingerprint density at radius 3 is 2.57 bits per heavy atom. The highest BCUT2D eigenvalue weighted by Gasteiger charge is 2.15. The van der Waals surface area contributed by atoms with Gasteiger partial charge in [0.25, 0.3) is 0 Å². The fourth-order valence-electron chi connectivity index (χ4n) is 3.63. The largest absolute Gasteiger partial charge is 1.00 e. The Balaban J connectivity index is 0.00000120. The van der Waals surface area contributed by atoms with E-state index in [9.17, 15) is 0 Å². The van der Waals surface area contributed by atoms with E-state index in [1.165, 1.54) is 0 Å². The zero-order valence-corrected chi connectivity index (χ0v) is 15.9. The summed E-state index contributed by atoms with van der Waals surface area (Å²) in [5, 5.41) is 30.9. The molecular formula is C19H21ClN8. The van der Waals surface area contributed by atoms with Gasteiger partial charge in [0.2, 0.25) is 0 Å². The van der Waals surface area contributed by atoms with E-state index >= 15 is 0 Å². The lowest BCUT2D eigenvalue weighted by atomic mass is 10.0. The highest BCUT2D eigenvalue weighted by atomic mass is 35.5.